The summed E-state index contributed by atoms with van der Waals surface area (Å²) in [6, 6.07) is 7.81. The van der Waals surface area contributed by atoms with E-state index in [2.05, 4.69) is 25.4 Å². The van der Waals surface area contributed by atoms with Crippen molar-refractivity contribution >= 4 is 29.0 Å². The van der Waals surface area contributed by atoms with Gasteiger partial charge in [0.1, 0.15) is 11.3 Å². The first-order valence-corrected chi connectivity index (χ1v) is 9.60. The number of hydrogen-bond acceptors (Lipinski definition) is 10. The van der Waals surface area contributed by atoms with Gasteiger partial charge in [-0.05, 0) is 19.1 Å². The van der Waals surface area contributed by atoms with Crippen LogP contribution in [0.3, 0.4) is 0 Å². The Kier molecular flexibility index (Phi) is 6.30. The SMILES string of the molecule is CNN(C(=O)c1ccccc1)[C@](C)(C(=O)O)C(c1ncc2nccnc2n1)C(N)(N)C(=O)O. The maximum atomic E-state index is 13.3. The molecule has 7 N–H and O–H groups in total. The van der Waals surface area contributed by atoms with E-state index in [1.807, 2.05) is 0 Å². The van der Waals surface area contributed by atoms with Crippen LogP contribution in [0, 0.1) is 0 Å². The zero-order valence-corrected chi connectivity index (χ0v) is 17.7. The second-order valence-corrected chi connectivity index (χ2v) is 7.35. The van der Waals surface area contributed by atoms with E-state index in [1.54, 1.807) is 18.2 Å². The molecule has 0 aliphatic rings. The van der Waals surface area contributed by atoms with Crippen molar-refractivity contribution in [1.82, 2.24) is 30.4 Å². The highest BCUT2D eigenvalue weighted by molar-refractivity contribution is 5.98. The smallest absolute Gasteiger partial charge is 0.339 e. The fourth-order valence-electron chi connectivity index (χ4n) is 3.58. The van der Waals surface area contributed by atoms with E-state index in [-0.39, 0.29) is 22.6 Å². The second kappa shape index (κ2) is 8.82. The van der Waals surface area contributed by atoms with Gasteiger partial charge < -0.3 is 21.7 Å². The van der Waals surface area contributed by atoms with E-state index in [9.17, 15) is 24.6 Å². The Bertz CT molecular complexity index is 1210. The first kappa shape index (κ1) is 23.6. The van der Waals surface area contributed by atoms with Crippen molar-refractivity contribution in [3.8, 4) is 0 Å². The van der Waals surface area contributed by atoms with Crippen molar-refractivity contribution in [2.75, 3.05) is 7.05 Å². The minimum absolute atomic E-state index is 0.0619. The van der Waals surface area contributed by atoms with Gasteiger partial charge in [-0.25, -0.2) is 35.0 Å². The number of carbonyl (C=O) groups excluding carboxylic acids is 1. The third kappa shape index (κ3) is 4.07. The van der Waals surface area contributed by atoms with Crippen LogP contribution < -0.4 is 16.9 Å². The summed E-state index contributed by atoms with van der Waals surface area (Å²) in [5.41, 5.74) is 9.86. The highest BCUT2D eigenvalue weighted by Gasteiger charge is 2.60. The van der Waals surface area contributed by atoms with Gasteiger partial charge in [0.25, 0.3) is 5.91 Å². The number of carbonyl (C=O) groups is 3. The Balaban J connectivity index is 2.28. The number of hydrogen-bond donors (Lipinski definition) is 5. The van der Waals surface area contributed by atoms with Crippen molar-refractivity contribution in [3.63, 3.8) is 0 Å². The summed E-state index contributed by atoms with van der Waals surface area (Å²) in [5.74, 6) is -6.29. The highest BCUT2D eigenvalue weighted by atomic mass is 16.4. The number of nitrogens with two attached hydrogens (primary N) is 2. The van der Waals surface area contributed by atoms with Gasteiger partial charge in [-0.15, -0.1) is 0 Å². The quantitative estimate of drug-likeness (QED) is 0.212. The van der Waals surface area contributed by atoms with Gasteiger partial charge in [0.05, 0.1) is 12.1 Å². The van der Waals surface area contributed by atoms with Gasteiger partial charge in [0.15, 0.2) is 16.8 Å². The van der Waals surface area contributed by atoms with Crippen LogP contribution in [0.15, 0.2) is 48.9 Å². The van der Waals surface area contributed by atoms with E-state index in [0.29, 0.717) is 0 Å². The monoisotopic (exact) mass is 454 g/mol. The lowest BCUT2D eigenvalue weighted by molar-refractivity contribution is -0.157. The molecule has 1 unspecified atom stereocenters. The fraction of sp³-hybridized carbons (Fsp3) is 0.250. The zero-order valence-electron chi connectivity index (χ0n) is 17.7. The lowest BCUT2D eigenvalue weighted by Gasteiger charge is -2.45. The molecule has 3 aromatic rings. The maximum absolute atomic E-state index is 13.3. The molecule has 1 aromatic carbocycles. The molecule has 13 nitrogen and oxygen atoms in total. The summed E-state index contributed by atoms with van der Waals surface area (Å²) in [5, 5.41) is 20.8. The van der Waals surface area contributed by atoms with E-state index in [4.69, 9.17) is 11.5 Å². The van der Waals surface area contributed by atoms with E-state index >= 15 is 0 Å². The first-order chi connectivity index (χ1) is 15.5. The molecule has 2 atom stereocenters. The number of carboxylic acid groups (broad SMARTS) is 2. The van der Waals surface area contributed by atoms with Crippen molar-refractivity contribution in [3.05, 3.63) is 60.3 Å². The van der Waals surface area contributed by atoms with Crippen molar-refractivity contribution < 1.29 is 24.6 Å². The average molecular weight is 454 g/mol. The molecule has 0 saturated carbocycles. The molecule has 0 bridgehead atoms. The Morgan fingerprint density at radius 3 is 2.24 bits per heavy atom. The van der Waals surface area contributed by atoms with Crippen molar-refractivity contribution in [1.29, 1.82) is 0 Å². The molecule has 0 saturated heterocycles. The molecule has 2 heterocycles. The first-order valence-electron chi connectivity index (χ1n) is 9.60. The Morgan fingerprint density at radius 2 is 1.67 bits per heavy atom. The Morgan fingerprint density at radius 1 is 1.03 bits per heavy atom. The molecule has 0 radical (unpaired) electrons. The summed E-state index contributed by atoms with van der Waals surface area (Å²) in [7, 11) is 1.31. The van der Waals surface area contributed by atoms with Crippen LogP contribution >= 0.6 is 0 Å². The van der Waals surface area contributed by atoms with Gasteiger partial charge in [0, 0.05) is 25.0 Å². The van der Waals surface area contributed by atoms with Crippen LogP contribution in [-0.4, -0.2) is 71.3 Å². The minimum atomic E-state index is -2.71. The van der Waals surface area contributed by atoms with Crippen molar-refractivity contribution in [2.24, 2.45) is 11.5 Å². The maximum Gasteiger partial charge on any atom is 0.339 e. The average Bonchev–Trinajstić information content (AvgIpc) is 2.79. The predicted molar refractivity (Wildman–Crippen MR) is 114 cm³/mol. The van der Waals surface area contributed by atoms with Gasteiger partial charge in [-0.3, -0.25) is 9.80 Å². The van der Waals surface area contributed by atoms with Gasteiger partial charge in [0.2, 0.25) is 0 Å². The number of nitrogens with zero attached hydrogens (tertiary/aromatic N) is 5. The fourth-order valence-corrected chi connectivity index (χ4v) is 3.58. The highest BCUT2D eigenvalue weighted by Crippen LogP contribution is 2.38. The minimum Gasteiger partial charge on any atom is -0.479 e. The molecule has 0 aliphatic carbocycles. The van der Waals surface area contributed by atoms with Crippen LogP contribution in [0.2, 0.25) is 0 Å². The van der Waals surface area contributed by atoms with Crippen molar-refractivity contribution in [2.45, 2.75) is 24.0 Å². The third-order valence-electron chi connectivity index (χ3n) is 5.26. The lowest BCUT2D eigenvalue weighted by Crippen LogP contribution is -2.73. The molecular formula is C20H22N8O5. The van der Waals surface area contributed by atoms with Gasteiger partial charge in [-0.1, -0.05) is 18.2 Å². The molecule has 0 fully saturated rings. The predicted octanol–water partition coefficient (Wildman–Crippen LogP) is -0.678. The number of nitrogens with one attached hydrogen (secondary N) is 1. The number of amides is 1. The normalized spacial score (nSPS) is 14.3. The number of carboxylic acids is 2. The largest absolute Gasteiger partial charge is 0.479 e. The lowest BCUT2D eigenvalue weighted by atomic mass is 9.75. The summed E-state index contributed by atoms with van der Waals surface area (Å²) >= 11 is 0. The molecule has 1 amide bonds. The van der Waals surface area contributed by atoms with E-state index in [1.165, 1.54) is 37.8 Å². The second-order valence-electron chi connectivity index (χ2n) is 7.35. The summed E-state index contributed by atoms with van der Waals surface area (Å²) in [4.78, 5) is 54.4. The number of rotatable bonds is 8. The van der Waals surface area contributed by atoms with E-state index in [0.717, 1.165) is 11.9 Å². The van der Waals surface area contributed by atoms with Crippen LogP contribution in [-0.2, 0) is 9.59 Å². The van der Waals surface area contributed by atoms with Gasteiger partial charge in [-0.2, -0.15) is 0 Å². The zero-order chi connectivity index (χ0) is 24.4. The number of fused-ring (bicyclic) bond motifs is 1. The summed E-state index contributed by atoms with van der Waals surface area (Å²) < 4.78 is 0. The number of aliphatic carboxylic acids is 2. The summed E-state index contributed by atoms with van der Waals surface area (Å²) in [6.45, 7) is 1.11. The number of hydrazine groups is 1. The Labute approximate surface area is 187 Å². The molecule has 2 aromatic heterocycles. The molecule has 3 rings (SSSR count). The third-order valence-corrected chi connectivity index (χ3v) is 5.26. The molecule has 0 aliphatic heterocycles. The Hall–Kier alpha value is -4.07. The standard InChI is InChI=1S/C20H22N8O5/c1-19(17(30)31,28(23-2)16(29)11-6-4-3-5-7-11)13(20(21,22)18(32)33)15-26-10-12-14(27-15)25-9-8-24-12/h3-10,13,23H,21-22H2,1-2H3,(H,30,31)(H,32,33)/t13?,19-/m0/s1. The molecule has 172 valence electrons. The number of aromatic nitrogens is 4. The van der Waals surface area contributed by atoms with Crippen LogP contribution in [0.1, 0.15) is 29.0 Å². The van der Waals surface area contributed by atoms with Crippen LogP contribution in [0.4, 0.5) is 0 Å². The topological polar surface area (TPSA) is 211 Å². The van der Waals surface area contributed by atoms with Gasteiger partial charge >= 0.3 is 11.9 Å². The molecule has 33 heavy (non-hydrogen) atoms. The summed E-state index contributed by atoms with van der Waals surface area (Å²) in [6.07, 6.45) is 3.98. The number of benzene rings is 1. The van der Waals surface area contributed by atoms with E-state index < -0.39 is 35.0 Å². The van der Waals surface area contributed by atoms with Crippen LogP contribution in [0.5, 0.6) is 0 Å². The van der Waals surface area contributed by atoms with Crippen LogP contribution in [0.25, 0.3) is 11.2 Å². The molecular weight excluding hydrogens is 432 g/mol. The molecule has 0 spiro atoms. The molecule has 13 heteroatoms.